The molecule has 1 aliphatic carbocycles. The molecule has 1 atom stereocenters. The van der Waals surface area contributed by atoms with E-state index >= 15 is 0 Å². The molecule has 2 N–H and O–H groups in total. The second-order valence-electron chi connectivity index (χ2n) is 5.75. The van der Waals surface area contributed by atoms with Crippen molar-refractivity contribution in [2.45, 2.75) is 50.7 Å². The van der Waals surface area contributed by atoms with Crippen LogP contribution in [0.3, 0.4) is 0 Å². The monoisotopic (exact) mass is 247 g/mol. The van der Waals surface area contributed by atoms with Crippen molar-refractivity contribution in [1.82, 2.24) is 0 Å². The Kier molecular flexibility index (Phi) is 4.41. The second-order valence-corrected chi connectivity index (χ2v) is 5.75. The molecule has 1 aliphatic rings. The molecule has 0 amide bonds. The topological polar surface area (TPSA) is 35.2 Å². The van der Waals surface area contributed by atoms with Crippen LogP contribution in [-0.4, -0.2) is 18.8 Å². The summed E-state index contributed by atoms with van der Waals surface area (Å²) in [6.07, 6.45) is 5.56. The summed E-state index contributed by atoms with van der Waals surface area (Å²) in [5.74, 6) is 0.817. The maximum atomic E-state index is 6.45. The van der Waals surface area contributed by atoms with E-state index in [2.05, 4.69) is 31.2 Å². The maximum absolute atomic E-state index is 6.45. The average Bonchev–Trinajstić information content (AvgIpc) is 2.41. The van der Waals surface area contributed by atoms with E-state index < -0.39 is 0 Å². The van der Waals surface area contributed by atoms with Crippen LogP contribution < -0.4 is 5.73 Å². The average molecular weight is 247 g/mol. The van der Waals surface area contributed by atoms with Crippen LogP contribution in [0.1, 0.15) is 38.2 Å². The Morgan fingerprint density at radius 1 is 1.28 bits per heavy atom. The Balaban J connectivity index is 2.03. The van der Waals surface area contributed by atoms with Crippen molar-refractivity contribution >= 4 is 0 Å². The van der Waals surface area contributed by atoms with E-state index in [9.17, 15) is 0 Å². The molecule has 0 heterocycles. The van der Waals surface area contributed by atoms with Crippen LogP contribution in [0.4, 0.5) is 0 Å². The standard InChI is InChI=1S/C16H25NO/c1-13-8-10-16(18-2,11-9-13)15(17)12-14-6-4-3-5-7-14/h3-7,13,15H,8-12,17H2,1-2H3. The zero-order chi connectivity index (χ0) is 13.0. The molecule has 100 valence electrons. The van der Waals surface area contributed by atoms with Crippen molar-refractivity contribution in [3.8, 4) is 0 Å². The summed E-state index contributed by atoms with van der Waals surface area (Å²) in [6, 6.07) is 10.6. The molecule has 0 saturated heterocycles. The van der Waals surface area contributed by atoms with Gasteiger partial charge in [-0.3, -0.25) is 0 Å². The first-order chi connectivity index (χ1) is 8.66. The van der Waals surface area contributed by atoms with Gasteiger partial charge in [-0.25, -0.2) is 0 Å². The van der Waals surface area contributed by atoms with Gasteiger partial charge in [0.15, 0.2) is 0 Å². The molecule has 0 aliphatic heterocycles. The van der Waals surface area contributed by atoms with E-state index in [0.29, 0.717) is 0 Å². The minimum absolute atomic E-state index is 0.0948. The first-order valence-electron chi connectivity index (χ1n) is 7.01. The fraction of sp³-hybridized carbons (Fsp3) is 0.625. The predicted octanol–water partition coefficient (Wildman–Crippen LogP) is 3.15. The third kappa shape index (κ3) is 2.93. The smallest absolute Gasteiger partial charge is 0.0832 e. The molecule has 2 heteroatoms. The highest BCUT2D eigenvalue weighted by molar-refractivity contribution is 5.17. The maximum Gasteiger partial charge on any atom is 0.0832 e. The van der Waals surface area contributed by atoms with Crippen molar-refractivity contribution in [2.24, 2.45) is 11.7 Å². The third-order valence-corrected chi connectivity index (χ3v) is 4.50. The molecule has 2 nitrogen and oxygen atoms in total. The number of benzene rings is 1. The van der Waals surface area contributed by atoms with E-state index in [-0.39, 0.29) is 11.6 Å². The first-order valence-corrected chi connectivity index (χ1v) is 7.01. The number of nitrogens with two attached hydrogens (primary N) is 1. The van der Waals surface area contributed by atoms with Crippen molar-refractivity contribution in [3.63, 3.8) is 0 Å². The molecule has 0 spiro atoms. The highest BCUT2D eigenvalue weighted by atomic mass is 16.5. The van der Waals surface area contributed by atoms with Gasteiger partial charge in [0, 0.05) is 13.2 Å². The SMILES string of the molecule is COC1(C(N)Cc2ccccc2)CCC(C)CC1. The summed E-state index contributed by atoms with van der Waals surface area (Å²) in [6.45, 7) is 2.32. The van der Waals surface area contributed by atoms with Gasteiger partial charge in [0.25, 0.3) is 0 Å². The summed E-state index contributed by atoms with van der Waals surface area (Å²) in [7, 11) is 1.82. The number of ether oxygens (including phenoxy) is 1. The predicted molar refractivity (Wildman–Crippen MR) is 75.5 cm³/mol. The lowest BCUT2D eigenvalue weighted by Crippen LogP contribution is -2.52. The van der Waals surface area contributed by atoms with Crippen LogP contribution in [0.25, 0.3) is 0 Å². The van der Waals surface area contributed by atoms with Crippen molar-refractivity contribution in [3.05, 3.63) is 35.9 Å². The van der Waals surface area contributed by atoms with Crippen LogP contribution in [0, 0.1) is 5.92 Å². The Labute approximate surface area is 111 Å². The lowest BCUT2D eigenvalue weighted by atomic mass is 9.74. The number of methoxy groups -OCH3 is 1. The number of rotatable bonds is 4. The molecule has 0 radical (unpaired) electrons. The second kappa shape index (κ2) is 5.85. The quantitative estimate of drug-likeness (QED) is 0.887. The molecule has 2 rings (SSSR count). The summed E-state index contributed by atoms with van der Waals surface area (Å²) in [5.41, 5.74) is 7.64. The molecular formula is C16H25NO. The Bertz CT molecular complexity index is 355. The van der Waals surface area contributed by atoms with E-state index in [4.69, 9.17) is 10.5 Å². The molecule has 0 aromatic heterocycles. The van der Waals surface area contributed by atoms with E-state index in [0.717, 1.165) is 25.2 Å². The normalized spacial score (nSPS) is 30.1. The van der Waals surface area contributed by atoms with Crippen LogP contribution in [-0.2, 0) is 11.2 Å². The van der Waals surface area contributed by atoms with Gasteiger partial charge in [-0.15, -0.1) is 0 Å². The largest absolute Gasteiger partial charge is 0.377 e. The minimum Gasteiger partial charge on any atom is -0.377 e. The lowest BCUT2D eigenvalue weighted by Gasteiger charge is -2.42. The van der Waals surface area contributed by atoms with E-state index in [1.807, 2.05) is 13.2 Å². The van der Waals surface area contributed by atoms with Gasteiger partial charge >= 0.3 is 0 Å². The highest BCUT2D eigenvalue weighted by Crippen LogP contribution is 2.37. The fourth-order valence-electron chi connectivity index (χ4n) is 3.03. The fourth-order valence-corrected chi connectivity index (χ4v) is 3.03. The summed E-state index contributed by atoms with van der Waals surface area (Å²) >= 11 is 0. The van der Waals surface area contributed by atoms with Crippen LogP contribution in [0.2, 0.25) is 0 Å². The van der Waals surface area contributed by atoms with Crippen molar-refractivity contribution < 1.29 is 4.74 Å². The zero-order valence-electron chi connectivity index (χ0n) is 11.6. The minimum atomic E-state index is -0.109. The highest BCUT2D eigenvalue weighted by Gasteiger charge is 2.39. The summed E-state index contributed by atoms with van der Waals surface area (Å²) in [4.78, 5) is 0. The van der Waals surface area contributed by atoms with E-state index in [1.165, 1.54) is 18.4 Å². The lowest BCUT2D eigenvalue weighted by molar-refractivity contribution is -0.0659. The number of hydrogen-bond acceptors (Lipinski definition) is 2. The van der Waals surface area contributed by atoms with Gasteiger partial charge in [-0.2, -0.15) is 0 Å². The van der Waals surface area contributed by atoms with Crippen LogP contribution in [0.15, 0.2) is 30.3 Å². The van der Waals surface area contributed by atoms with Gasteiger partial charge in [0.05, 0.1) is 5.60 Å². The van der Waals surface area contributed by atoms with Crippen molar-refractivity contribution in [1.29, 1.82) is 0 Å². The molecule has 1 fully saturated rings. The van der Waals surface area contributed by atoms with Crippen LogP contribution in [0.5, 0.6) is 0 Å². The Hall–Kier alpha value is -0.860. The Morgan fingerprint density at radius 2 is 1.89 bits per heavy atom. The first kappa shape index (κ1) is 13.6. The molecule has 1 aromatic rings. The van der Waals surface area contributed by atoms with Gasteiger partial charge in [0.2, 0.25) is 0 Å². The van der Waals surface area contributed by atoms with Crippen molar-refractivity contribution in [2.75, 3.05) is 7.11 Å². The molecule has 0 bridgehead atoms. The molecular weight excluding hydrogens is 222 g/mol. The zero-order valence-corrected chi connectivity index (χ0v) is 11.6. The molecule has 18 heavy (non-hydrogen) atoms. The Morgan fingerprint density at radius 3 is 2.44 bits per heavy atom. The van der Waals surface area contributed by atoms with Gasteiger partial charge < -0.3 is 10.5 Å². The summed E-state index contributed by atoms with van der Waals surface area (Å²) in [5, 5.41) is 0. The third-order valence-electron chi connectivity index (χ3n) is 4.50. The van der Waals surface area contributed by atoms with Gasteiger partial charge in [-0.05, 0) is 43.6 Å². The summed E-state index contributed by atoms with van der Waals surface area (Å²) < 4.78 is 5.84. The van der Waals surface area contributed by atoms with Gasteiger partial charge in [-0.1, -0.05) is 37.3 Å². The molecule has 1 saturated carbocycles. The van der Waals surface area contributed by atoms with Crippen LogP contribution >= 0.6 is 0 Å². The molecule has 1 aromatic carbocycles. The van der Waals surface area contributed by atoms with E-state index in [1.54, 1.807) is 0 Å². The molecule has 1 unspecified atom stereocenters. The number of hydrogen-bond donors (Lipinski definition) is 1. The van der Waals surface area contributed by atoms with Gasteiger partial charge in [0.1, 0.15) is 0 Å².